The number of fused-ring (bicyclic) bond motifs is 1. The third-order valence-corrected chi connectivity index (χ3v) is 6.48. The Kier molecular flexibility index (Phi) is 7.67. The Balaban J connectivity index is 1.63. The molecular formula is C30H30N2O7. The van der Waals surface area contributed by atoms with Crippen LogP contribution in [-0.2, 0) is 16.1 Å². The molecule has 9 heteroatoms. The monoisotopic (exact) mass is 530 g/mol. The number of benzene rings is 2. The van der Waals surface area contributed by atoms with Crippen molar-refractivity contribution in [1.29, 1.82) is 0 Å². The van der Waals surface area contributed by atoms with E-state index in [1.54, 1.807) is 54.9 Å². The normalized spacial score (nSPS) is 17.8. The van der Waals surface area contributed by atoms with Crippen LogP contribution in [0.5, 0.6) is 23.0 Å². The van der Waals surface area contributed by atoms with E-state index < -0.39 is 17.7 Å². The van der Waals surface area contributed by atoms with Crippen LogP contribution < -0.4 is 18.9 Å². The average molecular weight is 531 g/mol. The standard InChI is InChI=1S/C30H30N2O7/c1-3-12-37-22-9-7-20(15-24(22)36-4-2)27-26(28(33)21-8-10-23-25(16-21)39-14-13-38-23)29(34)30(35)32(27)18-19-6-5-11-31-17-19/h5-11,15-17,27,33H,3-4,12-14,18H2,1-2H3/b28-26+/t27-/m1/s1. The highest BCUT2D eigenvalue weighted by Crippen LogP contribution is 2.43. The van der Waals surface area contributed by atoms with Gasteiger partial charge in [0, 0.05) is 24.5 Å². The summed E-state index contributed by atoms with van der Waals surface area (Å²) in [7, 11) is 0. The summed E-state index contributed by atoms with van der Waals surface area (Å²) < 4.78 is 23.0. The number of carbonyl (C=O) groups excluding carboxylic acids is 2. The van der Waals surface area contributed by atoms with Gasteiger partial charge < -0.3 is 29.0 Å². The number of aliphatic hydroxyl groups excluding tert-OH is 1. The molecule has 1 fully saturated rings. The van der Waals surface area contributed by atoms with Crippen LogP contribution in [0.4, 0.5) is 0 Å². The van der Waals surface area contributed by atoms with Crippen molar-refractivity contribution in [2.45, 2.75) is 32.9 Å². The molecule has 0 radical (unpaired) electrons. The fraction of sp³-hybridized carbons (Fsp3) is 0.300. The van der Waals surface area contributed by atoms with Gasteiger partial charge in [-0.15, -0.1) is 0 Å². The summed E-state index contributed by atoms with van der Waals surface area (Å²) in [5.41, 5.74) is 1.67. The summed E-state index contributed by atoms with van der Waals surface area (Å²) in [6.07, 6.45) is 4.11. The van der Waals surface area contributed by atoms with Crippen molar-refractivity contribution in [3.05, 3.63) is 83.2 Å². The van der Waals surface area contributed by atoms with Gasteiger partial charge in [0.05, 0.1) is 24.8 Å². The zero-order valence-corrected chi connectivity index (χ0v) is 21.9. The first-order chi connectivity index (χ1) is 19.0. The summed E-state index contributed by atoms with van der Waals surface area (Å²) >= 11 is 0. The Morgan fingerprint density at radius 1 is 1.03 bits per heavy atom. The van der Waals surface area contributed by atoms with E-state index in [4.69, 9.17) is 18.9 Å². The van der Waals surface area contributed by atoms with Crippen LogP contribution >= 0.6 is 0 Å². The zero-order valence-electron chi connectivity index (χ0n) is 21.9. The maximum atomic E-state index is 13.5. The quantitative estimate of drug-likeness (QED) is 0.242. The van der Waals surface area contributed by atoms with Crippen molar-refractivity contribution in [2.24, 2.45) is 0 Å². The molecule has 0 bridgehead atoms. The molecule has 5 rings (SSSR count). The number of pyridine rings is 1. The second-order valence-corrected chi connectivity index (χ2v) is 9.13. The lowest BCUT2D eigenvalue weighted by atomic mass is 9.94. The lowest BCUT2D eigenvalue weighted by molar-refractivity contribution is -0.140. The molecular weight excluding hydrogens is 500 g/mol. The van der Waals surface area contributed by atoms with Gasteiger partial charge in [-0.05, 0) is 60.9 Å². The molecule has 1 saturated heterocycles. The van der Waals surface area contributed by atoms with E-state index in [0.29, 0.717) is 60.6 Å². The lowest BCUT2D eigenvalue weighted by Gasteiger charge is -2.26. The largest absolute Gasteiger partial charge is 0.507 e. The fourth-order valence-corrected chi connectivity index (χ4v) is 4.72. The molecule has 2 aromatic carbocycles. The smallest absolute Gasteiger partial charge is 0.295 e. The third kappa shape index (κ3) is 5.25. The number of hydrogen-bond acceptors (Lipinski definition) is 8. The molecule has 1 amide bonds. The second kappa shape index (κ2) is 11.5. The lowest BCUT2D eigenvalue weighted by Crippen LogP contribution is -2.29. The predicted molar refractivity (Wildman–Crippen MR) is 143 cm³/mol. The minimum atomic E-state index is -0.877. The number of hydrogen-bond donors (Lipinski definition) is 1. The van der Waals surface area contributed by atoms with Gasteiger partial charge in [0.2, 0.25) is 0 Å². The van der Waals surface area contributed by atoms with Crippen LogP contribution in [0.3, 0.4) is 0 Å². The Bertz CT molecular complexity index is 1400. The number of rotatable bonds is 9. The molecule has 0 unspecified atom stereocenters. The van der Waals surface area contributed by atoms with Crippen LogP contribution in [0.15, 0.2) is 66.5 Å². The van der Waals surface area contributed by atoms with E-state index in [9.17, 15) is 14.7 Å². The minimum absolute atomic E-state index is 0.0229. The Morgan fingerprint density at radius 3 is 2.59 bits per heavy atom. The topological polar surface area (TPSA) is 107 Å². The molecule has 202 valence electrons. The molecule has 1 aromatic heterocycles. The molecule has 3 heterocycles. The predicted octanol–water partition coefficient (Wildman–Crippen LogP) is 4.66. The molecule has 1 atom stereocenters. The van der Waals surface area contributed by atoms with Gasteiger partial charge in [-0.2, -0.15) is 0 Å². The molecule has 9 nitrogen and oxygen atoms in total. The number of aromatic nitrogens is 1. The number of amides is 1. The van der Waals surface area contributed by atoms with E-state index in [1.807, 2.05) is 19.9 Å². The Morgan fingerprint density at radius 2 is 1.85 bits per heavy atom. The summed E-state index contributed by atoms with van der Waals surface area (Å²) in [6.45, 7) is 5.73. The van der Waals surface area contributed by atoms with Crippen molar-refractivity contribution in [1.82, 2.24) is 9.88 Å². The summed E-state index contributed by atoms with van der Waals surface area (Å²) in [5, 5.41) is 11.5. The Labute approximate surface area is 226 Å². The van der Waals surface area contributed by atoms with E-state index in [2.05, 4.69) is 4.98 Å². The van der Waals surface area contributed by atoms with Gasteiger partial charge in [0.1, 0.15) is 19.0 Å². The van der Waals surface area contributed by atoms with Gasteiger partial charge in [-0.25, -0.2) is 0 Å². The maximum absolute atomic E-state index is 13.5. The molecule has 2 aliphatic rings. The van der Waals surface area contributed by atoms with Crippen molar-refractivity contribution < 1.29 is 33.6 Å². The Hall–Kier alpha value is -4.53. The van der Waals surface area contributed by atoms with Gasteiger partial charge in [0.15, 0.2) is 23.0 Å². The summed E-state index contributed by atoms with van der Waals surface area (Å²) in [6, 6.07) is 13.0. The molecule has 0 spiro atoms. The summed E-state index contributed by atoms with van der Waals surface area (Å²) in [5.74, 6) is 0.284. The van der Waals surface area contributed by atoms with Crippen LogP contribution in [0.25, 0.3) is 5.76 Å². The van der Waals surface area contributed by atoms with Gasteiger partial charge in [-0.1, -0.05) is 19.1 Å². The van der Waals surface area contributed by atoms with Crippen molar-refractivity contribution >= 4 is 17.4 Å². The highest BCUT2D eigenvalue weighted by Gasteiger charge is 2.46. The number of nitrogens with zero attached hydrogens (tertiary/aromatic N) is 2. The van der Waals surface area contributed by atoms with Gasteiger partial charge >= 0.3 is 0 Å². The van der Waals surface area contributed by atoms with Gasteiger partial charge in [0.25, 0.3) is 11.7 Å². The second-order valence-electron chi connectivity index (χ2n) is 9.13. The number of Topliss-reactive ketones (excluding diaryl/α,β-unsaturated/α-hetero) is 1. The highest BCUT2D eigenvalue weighted by atomic mass is 16.6. The van der Waals surface area contributed by atoms with E-state index in [1.165, 1.54) is 4.90 Å². The molecule has 3 aromatic rings. The molecule has 2 aliphatic heterocycles. The number of carbonyl (C=O) groups is 2. The first-order valence-electron chi connectivity index (χ1n) is 13.0. The molecule has 0 aliphatic carbocycles. The van der Waals surface area contributed by atoms with E-state index >= 15 is 0 Å². The third-order valence-electron chi connectivity index (χ3n) is 6.48. The summed E-state index contributed by atoms with van der Waals surface area (Å²) in [4.78, 5) is 32.5. The highest BCUT2D eigenvalue weighted by molar-refractivity contribution is 6.46. The first-order valence-corrected chi connectivity index (χ1v) is 13.0. The SMILES string of the molecule is CCCOc1ccc([C@@H]2/C(=C(\O)c3ccc4c(c3)OCCO4)C(=O)C(=O)N2Cc2cccnc2)cc1OCC. The van der Waals surface area contributed by atoms with Crippen LogP contribution in [0.2, 0.25) is 0 Å². The molecule has 0 saturated carbocycles. The first kappa shape index (κ1) is 26.1. The van der Waals surface area contributed by atoms with Crippen LogP contribution in [0, 0.1) is 0 Å². The van der Waals surface area contributed by atoms with E-state index in [-0.39, 0.29) is 17.9 Å². The molecule has 1 N–H and O–H groups in total. The average Bonchev–Trinajstić information content (AvgIpc) is 3.21. The number of likely N-dealkylation sites (tertiary alicyclic amines) is 1. The van der Waals surface area contributed by atoms with Crippen molar-refractivity contribution in [3.8, 4) is 23.0 Å². The van der Waals surface area contributed by atoms with Crippen LogP contribution in [-0.4, -0.2) is 53.1 Å². The zero-order chi connectivity index (χ0) is 27.4. The van der Waals surface area contributed by atoms with Crippen molar-refractivity contribution in [2.75, 3.05) is 26.4 Å². The van der Waals surface area contributed by atoms with Crippen molar-refractivity contribution in [3.63, 3.8) is 0 Å². The maximum Gasteiger partial charge on any atom is 0.295 e. The fourth-order valence-electron chi connectivity index (χ4n) is 4.72. The number of ether oxygens (including phenoxy) is 4. The number of aliphatic hydroxyl groups is 1. The molecule has 39 heavy (non-hydrogen) atoms. The van der Waals surface area contributed by atoms with Gasteiger partial charge in [-0.3, -0.25) is 14.6 Å². The minimum Gasteiger partial charge on any atom is -0.507 e. The van der Waals surface area contributed by atoms with E-state index in [0.717, 1.165) is 12.0 Å². The number of ketones is 1. The van der Waals surface area contributed by atoms with Crippen LogP contribution in [0.1, 0.15) is 43.0 Å².